The molecule has 0 fully saturated rings. The number of halogens is 3. The summed E-state index contributed by atoms with van der Waals surface area (Å²) in [5.41, 5.74) is -0.883. The van der Waals surface area contributed by atoms with Gasteiger partial charge in [-0.15, -0.1) is 0 Å². The van der Waals surface area contributed by atoms with Crippen LogP contribution in [0.3, 0.4) is 0 Å². The molecule has 1 N–H and O–H groups in total. The van der Waals surface area contributed by atoms with Gasteiger partial charge in [0.1, 0.15) is 5.75 Å². The summed E-state index contributed by atoms with van der Waals surface area (Å²) in [5, 5.41) is 2.31. The molecule has 128 valence electrons. The Balaban J connectivity index is 2.08. The van der Waals surface area contributed by atoms with Crippen LogP contribution in [0.1, 0.15) is 35.7 Å². The maximum atomic E-state index is 12.9. The maximum absolute atomic E-state index is 12.9. The molecular weight excluding hydrogens is 319 g/mol. The number of carbonyl (C=O) groups is 1. The Morgan fingerprint density at radius 1 is 1.08 bits per heavy atom. The summed E-state index contributed by atoms with van der Waals surface area (Å²) in [7, 11) is 0. The zero-order valence-electron chi connectivity index (χ0n) is 13.2. The number of carbonyl (C=O) groups excluding carboxylic acids is 1. The Morgan fingerprint density at radius 3 is 2.38 bits per heavy atom. The molecule has 0 spiro atoms. The number of ether oxygens (including phenoxy) is 1. The number of para-hydroxylation sites is 1. The standard InChI is InChI=1S/C18H18F3NO2/c1-2-3-12-24-14-10-8-13(9-11-14)17(23)22-16-7-5-4-6-15(16)18(19,20)21/h4-11H,2-3,12H2,1H3,(H,22,23). The van der Waals surface area contributed by atoms with Gasteiger partial charge in [0.05, 0.1) is 17.9 Å². The summed E-state index contributed by atoms with van der Waals surface area (Å²) in [5.74, 6) is 0.0162. The SMILES string of the molecule is CCCCOc1ccc(C(=O)Nc2ccccc2C(F)(F)F)cc1. The summed E-state index contributed by atoms with van der Waals surface area (Å²) >= 11 is 0. The molecule has 2 aromatic rings. The first-order chi connectivity index (χ1) is 11.4. The van der Waals surface area contributed by atoms with Crippen LogP contribution in [0.15, 0.2) is 48.5 Å². The van der Waals surface area contributed by atoms with Gasteiger partial charge < -0.3 is 10.1 Å². The van der Waals surface area contributed by atoms with Crippen molar-refractivity contribution in [2.24, 2.45) is 0 Å². The maximum Gasteiger partial charge on any atom is 0.418 e. The second-order valence-corrected chi connectivity index (χ2v) is 5.22. The van der Waals surface area contributed by atoms with Crippen LogP contribution in [0.5, 0.6) is 5.75 Å². The third-order valence-electron chi connectivity index (χ3n) is 3.36. The lowest BCUT2D eigenvalue weighted by molar-refractivity contribution is -0.136. The molecule has 6 heteroatoms. The molecule has 1 amide bonds. The van der Waals surface area contributed by atoms with Crippen LogP contribution in [0.2, 0.25) is 0 Å². The minimum absolute atomic E-state index is 0.259. The molecule has 0 bridgehead atoms. The van der Waals surface area contributed by atoms with Gasteiger partial charge in [-0.05, 0) is 42.8 Å². The van der Waals surface area contributed by atoms with E-state index in [0.717, 1.165) is 18.9 Å². The smallest absolute Gasteiger partial charge is 0.418 e. The molecule has 0 radical (unpaired) electrons. The topological polar surface area (TPSA) is 38.3 Å². The molecule has 2 aromatic carbocycles. The largest absolute Gasteiger partial charge is 0.494 e. The van der Waals surface area contributed by atoms with Gasteiger partial charge in [-0.1, -0.05) is 25.5 Å². The fourth-order valence-corrected chi connectivity index (χ4v) is 2.07. The van der Waals surface area contributed by atoms with Gasteiger partial charge in [-0.2, -0.15) is 13.2 Å². The van der Waals surface area contributed by atoms with Gasteiger partial charge >= 0.3 is 6.18 Å². The number of alkyl halides is 3. The van der Waals surface area contributed by atoms with E-state index >= 15 is 0 Å². The molecular formula is C18H18F3NO2. The first kappa shape index (κ1) is 17.8. The molecule has 0 heterocycles. The van der Waals surface area contributed by atoms with Crippen LogP contribution in [-0.4, -0.2) is 12.5 Å². The average molecular weight is 337 g/mol. The second kappa shape index (κ2) is 7.86. The van der Waals surface area contributed by atoms with Gasteiger partial charge in [0, 0.05) is 5.56 Å². The summed E-state index contributed by atoms with van der Waals surface area (Å²) in [6.45, 7) is 2.64. The molecule has 0 saturated heterocycles. The highest BCUT2D eigenvalue weighted by molar-refractivity contribution is 6.04. The Labute approximate surface area is 138 Å². The van der Waals surface area contributed by atoms with Crippen LogP contribution in [0, 0.1) is 0 Å². The molecule has 0 unspecified atom stereocenters. The lowest BCUT2D eigenvalue weighted by Crippen LogP contribution is -2.16. The summed E-state index contributed by atoms with van der Waals surface area (Å²) in [6.07, 6.45) is -2.59. The number of hydrogen-bond donors (Lipinski definition) is 1. The predicted octanol–water partition coefficient (Wildman–Crippen LogP) is 5.14. The van der Waals surface area contributed by atoms with E-state index in [-0.39, 0.29) is 11.3 Å². The van der Waals surface area contributed by atoms with E-state index in [1.165, 1.54) is 30.3 Å². The summed E-state index contributed by atoms with van der Waals surface area (Å²) in [6, 6.07) is 11.2. The van der Waals surface area contributed by atoms with Crippen molar-refractivity contribution in [2.75, 3.05) is 11.9 Å². The molecule has 2 rings (SSSR count). The Morgan fingerprint density at radius 2 is 1.75 bits per heavy atom. The van der Waals surface area contributed by atoms with E-state index in [2.05, 4.69) is 12.2 Å². The Bertz CT molecular complexity index is 681. The highest BCUT2D eigenvalue weighted by Gasteiger charge is 2.33. The van der Waals surface area contributed by atoms with Crippen molar-refractivity contribution in [3.63, 3.8) is 0 Å². The molecule has 0 saturated carbocycles. The van der Waals surface area contributed by atoms with Crippen molar-refractivity contribution in [3.05, 3.63) is 59.7 Å². The first-order valence-corrected chi connectivity index (χ1v) is 7.62. The molecule has 0 atom stereocenters. The highest BCUT2D eigenvalue weighted by atomic mass is 19.4. The van der Waals surface area contributed by atoms with E-state index in [4.69, 9.17) is 4.74 Å². The molecule has 0 aliphatic heterocycles. The quantitative estimate of drug-likeness (QED) is 0.742. The summed E-state index contributed by atoms with van der Waals surface area (Å²) in [4.78, 5) is 12.1. The number of nitrogens with one attached hydrogen (secondary N) is 1. The Hall–Kier alpha value is -2.50. The number of unbranched alkanes of at least 4 members (excludes halogenated alkanes) is 1. The number of rotatable bonds is 6. The monoisotopic (exact) mass is 337 g/mol. The van der Waals surface area contributed by atoms with Crippen molar-refractivity contribution < 1.29 is 22.7 Å². The Kier molecular flexibility index (Phi) is 5.84. The fraction of sp³-hybridized carbons (Fsp3) is 0.278. The van der Waals surface area contributed by atoms with Crippen molar-refractivity contribution >= 4 is 11.6 Å². The average Bonchev–Trinajstić information content (AvgIpc) is 2.55. The minimum atomic E-state index is -4.53. The van der Waals surface area contributed by atoms with Crippen LogP contribution in [0.25, 0.3) is 0 Å². The van der Waals surface area contributed by atoms with E-state index in [0.29, 0.717) is 12.4 Å². The molecule has 0 aliphatic carbocycles. The van der Waals surface area contributed by atoms with Gasteiger partial charge in [0.2, 0.25) is 0 Å². The van der Waals surface area contributed by atoms with E-state index < -0.39 is 17.6 Å². The normalized spacial score (nSPS) is 11.2. The summed E-state index contributed by atoms with van der Waals surface area (Å²) < 4.78 is 44.3. The molecule has 24 heavy (non-hydrogen) atoms. The van der Waals surface area contributed by atoms with E-state index in [1.54, 1.807) is 12.1 Å². The lowest BCUT2D eigenvalue weighted by Gasteiger charge is -2.13. The van der Waals surface area contributed by atoms with Crippen LogP contribution >= 0.6 is 0 Å². The van der Waals surface area contributed by atoms with E-state index in [1.807, 2.05) is 0 Å². The lowest BCUT2D eigenvalue weighted by atomic mass is 10.1. The third kappa shape index (κ3) is 4.75. The molecule has 0 aromatic heterocycles. The van der Waals surface area contributed by atoms with Crippen molar-refractivity contribution in [2.45, 2.75) is 25.9 Å². The predicted molar refractivity (Wildman–Crippen MR) is 86.2 cm³/mol. The number of amides is 1. The van der Waals surface area contributed by atoms with Crippen LogP contribution < -0.4 is 10.1 Å². The van der Waals surface area contributed by atoms with Crippen molar-refractivity contribution in [3.8, 4) is 5.75 Å². The zero-order valence-corrected chi connectivity index (χ0v) is 13.2. The van der Waals surface area contributed by atoms with Crippen LogP contribution in [0.4, 0.5) is 18.9 Å². The minimum Gasteiger partial charge on any atom is -0.494 e. The van der Waals surface area contributed by atoms with Gasteiger partial charge in [0.15, 0.2) is 0 Å². The second-order valence-electron chi connectivity index (χ2n) is 5.22. The zero-order chi connectivity index (χ0) is 17.6. The molecule has 3 nitrogen and oxygen atoms in total. The number of benzene rings is 2. The number of anilines is 1. The fourth-order valence-electron chi connectivity index (χ4n) is 2.07. The first-order valence-electron chi connectivity index (χ1n) is 7.62. The van der Waals surface area contributed by atoms with Gasteiger partial charge in [0.25, 0.3) is 5.91 Å². The highest BCUT2D eigenvalue weighted by Crippen LogP contribution is 2.34. The van der Waals surface area contributed by atoms with Crippen molar-refractivity contribution in [1.29, 1.82) is 0 Å². The van der Waals surface area contributed by atoms with Gasteiger partial charge in [-0.3, -0.25) is 4.79 Å². The van der Waals surface area contributed by atoms with Gasteiger partial charge in [-0.25, -0.2) is 0 Å². The van der Waals surface area contributed by atoms with Crippen LogP contribution in [-0.2, 0) is 6.18 Å². The number of hydrogen-bond acceptors (Lipinski definition) is 2. The van der Waals surface area contributed by atoms with E-state index in [9.17, 15) is 18.0 Å². The third-order valence-corrected chi connectivity index (χ3v) is 3.36. The van der Waals surface area contributed by atoms with Crippen molar-refractivity contribution in [1.82, 2.24) is 0 Å². The molecule has 0 aliphatic rings.